The van der Waals surface area contributed by atoms with Gasteiger partial charge in [-0.15, -0.1) is 0 Å². The highest BCUT2D eigenvalue weighted by Crippen LogP contribution is 2.19. The molecular weight excluding hydrogens is 264 g/mol. The zero-order valence-corrected chi connectivity index (χ0v) is 13.3. The lowest BCUT2D eigenvalue weighted by molar-refractivity contribution is -0.132. The zero-order valence-electron chi connectivity index (χ0n) is 13.3. The van der Waals surface area contributed by atoms with Gasteiger partial charge in [-0.05, 0) is 37.9 Å². The van der Waals surface area contributed by atoms with Crippen molar-refractivity contribution in [1.29, 1.82) is 0 Å². The molecule has 0 radical (unpaired) electrons. The summed E-state index contributed by atoms with van der Waals surface area (Å²) in [6.07, 6.45) is 2.40. The number of amides is 1. The Labute approximate surface area is 127 Å². The van der Waals surface area contributed by atoms with E-state index < -0.39 is 0 Å². The average Bonchev–Trinajstić information content (AvgIpc) is 2.50. The second kappa shape index (κ2) is 7.46. The number of hydrogen-bond acceptors (Lipinski definition) is 3. The van der Waals surface area contributed by atoms with Crippen LogP contribution in [-0.4, -0.2) is 49.5 Å². The van der Waals surface area contributed by atoms with Crippen molar-refractivity contribution in [3.63, 3.8) is 0 Å². The first-order valence-electron chi connectivity index (χ1n) is 7.68. The summed E-state index contributed by atoms with van der Waals surface area (Å²) in [5.74, 6) is 1.81. The van der Waals surface area contributed by atoms with Crippen molar-refractivity contribution in [2.75, 3.05) is 33.8 Å². The minimum Gasteiger partial charge on any atom is -0.496 e. The predicted octanol–water partition coefficient (Wildman–Crippen LogP) is 2.39. The lowest BCUT2D eigenvalue weighted by Gasteiger charge is -2.31. The van der Waals surface area contributed by atoms with E-state index in [4.69, 9.17) is 4.74 Å². The van der Waals surface area contributed by atoms with Gasteiger partial charge in [0.25, 0.3) is 0 Å². The van der Waals surface area contributed by atoms with Gasteiger partial charge in [-0.1, -0.05) is 25.1 Å². The van der Waals surface area contributed by atoms with Crippen molar-refractivity contribution in [2.24, 2.45) is 5.92 Å². The molecule has 1 aliphatic heterocycles. The van der Waals surface area contributed by atoms with Crippen LogP contribution >= 0.6 is 0 Å². The normalized spacial score (nSPS) is 16.7. The third-order valence-electron chi connectivity index (χ3n) is 4.26. The van der Waals surface area contributed by atoms with Crippen molar-refractivity contribution < 1.29 is 9.53 Å². The van der Waals surface area contributed by atoms with Crippen molar-refractivity contribution >= 4 is 5.91 Å². The average molecular weight is 290 g/mol. The zero-order chi connectivity index (χ0) is 15.2. The lowest BCUT2D eigenvalue weighted by atomic mass is 9.99. The Bertz CT molecular complexity index is 468. The topological polar surface area (TPSA) is 32.8 Å². The van der Waals surface area contributed by atoms with Crippen LogP contribution in [0.4, 0.5) is 0 Å². The molecule has 0 aliphatic carbocycles. The number of benzene rings is 1. The molecule has 0 bridgehead atoms. The van der Waals surface area contributed by atoms with Gasteiger partial charge >= 0.3 is 0 Å². The molecule has 0 atom stereocenters. The van der Waals surface area contributed by atoms with Crippen molar-refractivity contribution in [3.05, 3.63) is 29.8 Å². The molecule has 1 aliphatic rings. The van der Waals surface area contributed by atoms with Crippen LogP contribution in [0.1, 0.15) is 25.3 Å². The fourth-order valence-corrected chi connectivity index (χ4v) is 2.71. The second-order valence-corrected chi connectivity index (χ2v) is 6.02. The number of carbonyl (C=O) groups is 1. The van der Waals surface area contributed by atoms with Crippen LogP contribution in [0.15, 0.2) is 24.3 Å². The van der Waals surface area contributed by atoms with E-state index in [0.29, 0.717) is 13.1 Å². The van der Waals surface area contributed by atoms with E-state index in [1.54, 1.807) is 12.0 Å². The number of hydrogen-bond donors (Lipinski definition) is 0. The van der Waals surface area contributed by atoms with Gasteiger partial charge in [0.1, 0.15) is 5.75 Å². The van der Waals surface area contributed by atoms with Crippen LogP contribution in [0.2, 0.25) is 0 Å². The number of ether oxygens (including phenoxy) is 1. The molecule has 0 saturated carbocycles. The SMILES string of the molecule is COc1ccccc1CN(C)C(=O)CN1CCC(C)CC1. The number of rotatable bonds is 5. The maximum absolute atomic E-state index is 12.3. The Hall–Kier alpha value is -1.55. The Balaban J connectivity index is 1.87. The second-order valence-electron chi connectivity index (χ2n) is 6.02. The summed E-state index contributed by atoms with van der Waals surface area (Å²) >= 11 is 0. The standard InChI is InChI=1S/C17H26N2O2/c1-14-8-10-19(11-9-14)13-17(20)18(2)12-15-6-4-5-7-16(15)21-3/h4-7,14H,8-13H2,1-3H3. The van der Waals surface area contributed by atoms with Crippen LogP contribution < -0.4 is 4.74 Å². The van der Waals surface area contributed by atoms with Crippen LogP contribution in [0.25, 0.3) is 0 Å². The summed E-state index contributed by atoms with van der Waals surface area (Å²) in [6, 6.07) is 7.85. The number of methoxy groups -OCH3 is 1. The van der Waals surface area contributed by atoms with Gasteiger partial charge in [0, 0.05) is 19.2 Å². The van der Waals surface area contributed by atoms with E-state index in [1.807, 2.05) is 31.3 Å². The van der Waals surface area contributed by atoms with Gasteiger partial charge in [0.2, 0.25) is 5.91 Å². The molecule has 1 heterocycles. The fraction of sp³-hybridized carbons (Fsp3) is 0.588. The van der Waals surface area contributed by atoms with Gasteiger partial charge in [0.15, 0.2) is 0 Å². The maximum atomic E-state index is 12.3. The number of piperidine rings is 1. The van der Waals surface area contributed by atoms with Crippen LogP contribution in [-0.2, 0) is 11.3 Å². The molecule has 4 heteroatoms. The molecule has 1 aromatic rings. The molecule has 0 unspecified atom stereocenters. The van der Waals surface area contributed by atoms with E-state index in [1.165, 1.54) is 12.8 Å². The largest absolute Gasteiger partial charge is 0.496 e. The third kappa shape index (κ3) is 4.46. The summed E-state index contributed by atoms with van der Waals surface area (Å²) in [4.78, 5) is 16.4. The molecule has 4 nitrogen and oxygen atoms in total. The van der Waals surface area contributed by atoms with E-state index in [2.05, 4.69) is 11.8 Å². The molecule has 21 heavy (non-hydrogen) atoms. The minimum absolute atomic E-state index is 0.176. The number of para-hydroxylation sites is 1. The molecule has 1 amide bonds. The highest BCUT2D eigenvalue weighted by atomic mass is 16.5. The lowest BCUT2D eigenvalue weighted by Crippen LogP contribution is -2.41. The third-order valence-corrected chi connectivity index (χ3v) is 4.26. The Morgan fingerprint density at radius 3 is 2.67 bits per heavy atom. The highest BCUT2D eigenvalue weighted by Gasteiger charge is 2.20. The first-order chi connectivity index (χ1) is 10.1. The number of nitrogens with zero attached hydrogens (tertiary/aromatic N) is 2. The van der Waals surface area contributed by atoms with Crippen molar-refractivity contribution in [2.45, 2.75) is 26.3 Å². The van der Waals surface area contributed by atoms with Gasteiger partial charge in [-0.3, -0.25) is 9.69 Å². The maximum Gasteiger partial charge on any atom is 0.236 e. The quantitative estimate of drug-likeness (QED) is 0.835. The minimum atomic E-state index is 0.176. The summed E-state index contributed by atoms with van der Waals surface area (Å²) in [5.41, 5.74) is 1.04. The summed E-state index contributed by atoms with van der Waals surface area (Å²) in [6.45, 7) is 5.48. The monoisotopic (exact) mass is 290 g/mol. The Morgan fingerprint density at radius 2 is 2.00 bits per heavy atom. The summed E-state index contributed by atoms with van der Waals surface area (Å²) in [5, 5.41) is 0. The van der Waals surface area contributed by atoms with E-state index in [0.717, 1.165) is 30.3 Å². The molecular formula is C17H26N2O2. The van der Waals surface area contributed by atoms with Gasteiger partial charge < -0.3 is 9.64 Å². The fourth-order valence-electron chi connectivity index (χ4n) is 2.71. The van der Waals surface area contributed by atoms with Crippen LogP contribution in [0, 0.1) is 5.92 Å². The molecule has 1 aromatic carbocycles. The number of likely N-dealkylation sites (N-methyl/N-ethyl adjacent to an activating group) is 1. The summed E-state index contributed by atoms with van der Waals surface area (Å²) < 4.78 is 5.34. The molecule has 1 fully saturated rings. The van der Waals surface area contributed by atoms with E-state index in [9.17, 15) is 4.79 Å². The highest BCUT2D eigenvalue weighted by molar-refractivity contribution is 5.78. The Kier molecular flexibility index (Phi) is 5.62. The molecule has 0 N–H and O–H groups in total. The predicted molar refractivity (Wildman–Crippen MR) is 84.3 cm³/mol. The summed E-state index contributed by atoms with van der Waals surface area (Å²) in [7, 11) is 3.52. The molecule has 1 saturated heterocycles. The molecule has 0 aromatic heterocycles. The first kappa shape index (κ1) is 15.8. The smallest absolute Gasteiger partial charge is 0.236 e. The molecule has 116 valence electrons. The van der Waals surface area contributed by atoms with E-state index >= 15 is 0 Å². The first-order valence-corrected chi connectivity index (χ1v) is 7.68. The van der Waals surface area contributed by atoms with Crippen molar-refractivity contribution in [3.8, 4) is 5.75 Å². The molecule has 0 spiro atoms. The van der Waals surface area contributed by atoms with Gasteiger partial charge in [-0.25, -0.2) is 0 Å². The van der Waals surface area contributed by atoms with Crippen LogP contribution in [0.5, 0.6) is 5.75 Å². The number of carbonyl (C=O) groups excluding carboxylic acids is 1. The molecule has 2 rings (SSSR count). The van der Waals surface area contributed by atoms with Crippen LogP contribution in [0.3, 0.4) is 0 Å². The van der Waals surface area contributed by atoms with Crippen molar-refractivity contribution in [1.82, 2.24) is 9.80 Å². The Morgan fingerprint density at radius 1 is 1.33 bits per heavy atom. The van der Waals surface area contributed by atoms with Gasteiger partial charge in [-0.2, -0.15) is 0 Å². The van der Waals surface area contributed by atoms with E-state index in [-0.39, 0.29) is 5.91 Å². The number of likely N-dealkylation sites (tertiary alicyclic amines) is 1. The van der Waals surface area contributed by atoms with Gasteiger partial charge in [0.05, 0.1) is 13.7 Å².